The molecule has 1 aliphatic rings. The molecule has 1 heterocycles. The Morgan fingerprint density at radius 3 is 2.82 bits per heavy atom. The van der Waals surface area contributed by atoms with Gasteiger partial charge in [-0.3, -0.25) is 9.59 Å². The number of carbonyl (C=O) groups is 2. The highest BCUT2D eigenvalue weighted by Crippen LogP contribution is 2.20. The van der Waals surface area contributed by atoms with Gasteiger partial charge in [0.25, 0.3) is 11.8 Å². The molecular weight excluding hydrogens is 227 g/mol. The molecule has 0 atom stereocenters. The number of halogens is 1. The molecule has 0 radical (unpaired) electrons. The van der Waals surface area contributed by atoms with Crippen LogP contribution in [0.25, 0.3) is 0 Å². The molecule has 0 aromatic heterocycles. The summed E-state index contributed by atoms with van der Waals surface area (Å²) in [5.74, 6) is -1.79. The molecular formula is C11H11FN2O3. The molecule has 0 aliphatic carbocycles. The number of nitrogens with two attached hydrogens (primary N) is 1. The van der Waals surface area contributed by atoms with Crippen molar-refractivity contribution in [1.29, 1.82) is 0 Å². The molecule has 1 aromatic carbocycles. The Labute approximate surface area is 97.0 Å². The molecule has 2 N–H and O–H groups in total. The number of rotatable bonds is 2. The van der Waals surface area contributed by atoms with Gasteiger partial charge >= 0.3 is 0 Å². The predicted octanol–water partition coefficient (Wildman–Crippen LogP) is 0.288. The Bertz CT molecular complexity index is 476. The first-order chi connectivity index (χ1) is 8.09. The average Bonchev–Trinajstić information content (AvgIpc) is 2.29. The van der Waals surface area contributed by atoms with E-state index in [-0.39, 0.29) is 18.1 Å². The maximum atomic E-state index is 13.5. The monoisotopic (exact) mass is 238 g/mol. The van der Waals surface area contributed by atoms with E-state index in [0.29, 0.717) is 18.8 Å². The van der Waals surface area contributed by atoms with Crippen LogP contribution in [0.15, 0.2) is 18.2 Å². The quantitative estimate of drug-likeness (QED) is 0.804. The van der Waals surface area contributed by atoms with Crippen LogP contribution in [0.5, 0.6) is 0 Å². The molecule has 90 valence electrons. The van der Waals surface area contributed by atoms with Gasteiger partial charge in [-0.05, 0) is 18.2 Å². The summed E-state index contributed by atoms with van der Waals surface area (Å²) in [6.07, 6.45) is 0. The molecule has 1 fully saturated rings. The third kappa shape index (κ3) is 2.26. The fourth-order valence-electron chi connectivity index (χ4n) is 1.66. The van der Waals surface area contributed by atoms with E-state index >= 15 is 0 Å². The highest BCUT2D eigenvalue weighted by molar-refractivity contribution is 5.96. The Kier molecular flexibility index (Phi) is 3.06. The molecule has 17 heavy (non-hydrogen) atoms. The van der Waals surface area contributed by atoms with Crippen molar-refractivity contribution >= 4 is 17.5 Å². The van der Waals surface area contributed by atoms with Gasteiger partial charge in [-0.2, -0.15) is 0 Å². The van der Waals surface area contributed by atoms with Crippen molar-refractivity contribution in [1.82, 2.24) is 0 Å². The molecule has 0 spiro atoms. The van der Waals surface area contributed by atoms with E-state index in [2.05, 4.69) is 0 Å². The zero-order chi connectivity index (χ0) is 12.4. The molecule has 2 rings (SSSR count). The first-order valence-corrected chi connectivity index (χ1v) is 5.07. The van der Waals surface area contributed by atoms with Crippen LogP contribution in [0, 0.1) is 5.82 Å². The average molecular weight is 238 g/mol. The maximum absolute atomic E-state index is 13.5. The molecule has 0 bridgehead atoms. The summed E-state index contributed by atoms with van der Waals surface area (Å²) in [6, 6.07) is 3.89. The SMILES string of the molecule is NC(=O)c1ccc(N2CCOCC2=O)cc1F. The fourth-order valence-corrected chi connectivity index (χ4v) is 1.66. The number of anilines is 1. The van der Waals surface area contributed by atoms with Crippen molar-refractivity contribution in [3.8, 4) is 0 Å². The first-order valence-electron chi connectivity index (χ1n) is 5.07. The minimum atomic E-state index is -0.831. The van der Waals surface area contributed by atoms with E-state index in [1.165, 1.54) is 17.0 Å². The number of nitrogens with zero attached hydrogens (tertiary/aromatic N) is 1. The molecule has 5 nitrogen and oxygen atoms in total. The second-order valence-electron chi connectivity index (χ2n) is 3.63. The van der Waals surface area contributed by atoms with E-state index < -0.39 is 11.7 Å². The number of benzene rings is 1. The molecule has 1 saturated heterocycles. The van der Waals surface area contributed by atoms with Gasteiger partial charge in [-0.25, -0.2) is 4.39 Å². The first kappa shape index (κ1) is 11.5. The van der Waals surface area contributed by atoms with Crippen molar-refractivity contribution in [2.45, 2.75) is 0 Å². The van der Waals surface area contributed by atoms with Crippen molar-refractivity contribution < 1.29 is 18.7 Å². The van der Waals surface area contributed by atoms with Gasteiger partial charge in [0.2, 0.25) is 0 Å². The van der Waals surface area contributed by atoms with Gasteiger partial charge in [0.05, 0.1) is 12.2 Å². The highest BCUT2D eigenvalue weighted by atomic mass is 19.1. The van der Waals surface area contributed by atoms with Crippen LogP contribution in [-0.4, -0.2) is 31.6 Å². The number of carbonyl (C=O) groups excluding carboxylic acids is 2. The van der Waals surface area contributed by atoms with Gasteiger partial charge in [-0.15, -0.1) is 0 Å². The van der Waals surface area contributed by atoms with E-state index in [4.69, 9.17) is 10.5 Å². The zero-order valence-electron chi connectivity index (χ0n) is 8.98. The number of primary amides is 1. The minimum absolute atomic E-state index is 0.0147. The summed E-state index contributed by atoms with van der Waals surface area (Å²) in [5, 5.41) is 0. The summed E-state index contributed by atoms with van der Waals surface area (Å²) in [7, 11) is 0. The summed E-state index contributed by atoms with van der Waals surface area (Å²) in [5.41, 5.74) is 5.21. The molecule has 0 saturated carbocycles. The molecule has 2 amide bonds. The van der Waals surface area contributed by atoms with Crippen LogP contribution in [0.3, 0.4) is 0 Å². The van der Waals surface area contributed by atoms with E-state index in [1.807, 2.05) is 0 Å². The van der Waals surface area contributed by atoms with Gasteiger partial charge in [0.15, 0.2) is 0 Å². The molecule has 0 unspecified atom stereocenters. The van der Waals surface area contributed by atoms with Gasteiger partial charge in [0, 0.05) is 12.2 Å². The second-order valence-corrected chi connectivity index (χ2v) is 3.63. The third-order valence-corrected chi connectivity index (χ3v) is 2.52. The standard InChI is InChI=1S/C11H11FN2O3/c12-9-5-7(1-2-8(9)11(13)16)14-3-4-17-6-10(14)15/h1-2,5H,3-4,6H2,(H2,13,16). The summed E-state index contributed by atoms with van der Waals surface area (Å²) >= 11 is 0. The lowest BCUT2D eigenvalue weighted by atomic mass is 10.1. The van der Waals surface area contributed by atoms with Gasteiger partial charge in [0.1, 0.15) is 12.4 Å². The lowest BCUT2D eigenvalue weighted by Gasteiger charge is -2.26. The number of morpholine rings is 1. The van der Waals surface area contributed by atoms with Gasteiger partial charge < -0.3 is 15.4 Å². The number of hydrogen-bond donors (Lipinski definition) is 1. The Morgan fingerprint density at radius 1 is 1.47 bits per heavy atom. The van der Waals surface area contributed by atoms with Crippen molar-refractivity contribution in [3.63, 3.8) is 0 Å². The molecule has 6 heteroatoms. The van der Waals surface area contributed by atoms with Crippen LogP contribution >= 0.6 is 0 Å². The van der Waals surface area contributed by atoms with E-state index in [9.17, 15) is 14.0 Å². The zero-order valence-corrected chi connectivity index (χ0v) is 8.98. The summed E-state index contributed by atoms with van der Waals surface area (Å²) < 4.78 is 18.5. The Hall–Kier alpha value is -1.95. The summed E-state index contributed by atoms with van der Waals surface area (Å²) in [4.78, 5) is 23.8. The number of amides is 2. The van der Waals surface area contributed by atoms with E-state index in [0.717, 1.165) is 6.07 Å². The topological polar surface area (TPSA) is 72.6 Å². The van der Waals surface area contributed by atoms with Crippen LogP contribution in [-0.2, 0) is 9.53 Å². The van der Waals surface area contributed by atoms with E-state index in [1.54, 1.807) is 0 Å². The highest BCUT2D eigenvalue weighted by Gasteiger charge is 2.21. The lowest BCUT2D eigenvalue weighted by molar-refractivity contribution is -0.125. The lowest BCUT2D eigenvalue weighted by Crippen LogP contribution is -2.41. The van der Waals surface area contributed by atoms with Gasteiger partial charge in [-0.1, -0.05) is 0 Å². The number of ether oxygens (including phenoxy) is 1. The smallest absolute Gasteiger partial charge is 0.253 e. The van der Waals surface area contributed by atoms with Crippen LogP contribution in [0.4, 0.5) is 10.1 Å². The predicted molar refractivity (Wildman–Crippen MR) is 58.1 cm³/mol. The second kappa shape index (κ2) is 4.50. The summed E-state index contributed by atoms with van der Waals surface area (Å²) in [6.45, 7) is 0.762. The maximum Gasteiger partial charge on any atom is 0.253 e. The minimum Gasteiger partial charge on any atom is -0.370 e. The fraction of sp³-hybridized carbons (Fsp3) is 0.273. The van der Waals surface area contributed by atoms with Crippen LogP contribution < -0.4 is 10.6 Å². The third-order valence-electron chi connectivity index (χ3n) is 2.52. The van der Waals surface area contributed by atoms with Crippen molar-refractivity contribution in [2.75, 3.05) is 24.7 Å². The number of hydrogen-bond acceptors (Lipinski definition) is 3. The van der Waals surface area contributed by atoms with Crippen molar-refractivity contribution in [2.24, 2.45) is 5.73 Å². The molecule has 1 aliphatic heterocycles. The Morgan fingerprint density at radius 2 is 2.24 bits per heavy atom. The Balaban J connectivity index is 2.30. The van der Waals surface area contributed by atoms with Crippen LogP contribution in [0.1, 0.15) is 10.4 Å². The largest absolute Gasteiger partial charge is 0.370 e. The van der Waals surface area contributed by atoms with Crippen LogP contribution in [0.2, 0.25) is 0 Å². The molecule has 1 aromatic rings. The van der Waals surface area contributed by atoms with Crippen molar-refractivity contribution in [3.05, 3.63) is 29.6 Å². The normalized spacial score (nSPS) is 16.1.